The molecule has 6 atom stereocenters. The van der Waals surface area contributed by atoms with Gasteiger partial charge in [-0.1, -0.05) is 95.7 Å². The first-order valence-corrected chi connectivity index (χ1v) is 18.3. The fourth-order valence-electron chi connectivity index (χ4n) is 5.32. The van der Waals surface area contributed by atoms with Gasteiger partial charge in [-0.15, -0.1) is 0 Å². The summed E-state index contributed by atoms with van der Waals surface area (Å²) >= 11 is 6.67. The maximum Gasteiger partial charge on any atom is 0.284 e. The number of halogens is 1. The molecule has 0 saturated carbocycles. The molecule has 0 aliphatic rings. The van der Waals surface area contributed by atoms with Crippen molar-refractivity contribution < 1.29 is 38.6 Å². The lowest BCUT2D eigenvalue weighted by molar-refractivity contribution is -0.477. The normalized spacial score (nSPS) is 18.4. The highest BCUT2D eigenvalue weighted by Gasteiger charge is 2.66. The van der Waals surface area contributed by atoms with Gasteiger partial charge in [-0.2, -0.15) is 0 Å². The molecule has 2 N–H and O–H groups in total. The molecule has 0 aromatic carbocycles. The summed E-state index contributed by atoms with van der Waals surface area (Å²) < 4.78 is 36.9. The quantitative estimate of drug-likeness (QED) is 0.0483. The van der Waals surface area contributed by atoms with Crippen LogP contribution in [0.3, 0.4) is 0 Å². The Morgan fingerprint density at radius 1 is 0.707 bits per heavy atom. The molecule has 0 spiro atoms. The first kappa shape index (κ1) is 41.4. The third kappa shape index (κ3) is 14.4. The fraction of sp³-hybridized carbons (Fsp3) is 1.00. The first-order valence-electron chi connectivity index (χ1n) is 16.3. The molecule has 0 radical (unpaired) electrons. The van der Waals surface area contributed by atoms with E-state index in [-0.39, 0.29) is 32.3 Å². The van der Waals surface area contributed by atoms with Crippen LogP contribution in [0.4, 0.5) is 0 Å². The Hall–Kier alpha value is 0.400. The standard InChI is InChI=1S/C31H64ClO8P/c1-9-15-16-17-18-19-20-21-22-23-25-27(24-10-2)29(8,34)40-31(41-32,38-14-6)30(37-13-5,39-26(7)33)28(35-11-3)36-12-4/h26-28,33-34,41H,9-25H2,1-8H3. The lowest BCUT2D eigenvalue weighted by Crippen LogP contribution is -2.68. The minimum Gasteiger partial charge on any atom is -0.368 e. The third-order valence-corrected chi connectivity index (χ3v) is 8.82. The van der Waals surface area contributed by atoms with Gasteiger partial charge in [-0.25, -0.2) is 0 Å². The van der Waals surface area contributed by atoms with Crippen molar-refractivity contribution in [3.05, 3.63) is 0 Å². The molecule has 0 bridgehead atoms. The molecular formula is C31H64ClO8P. The van der Waals surface area contributed by atoms with Gasteiger partial charge in [0.1, 0.15) is 0 Å². The van der Waals surface area contributed by atoms with Crippen LogP contribution < -0.4 is 0 Å². The maximum absolute atomic E-state index is 11.9. The van der Waals surface area contributed by atoms with Gasteiger partial charge < -0.3 is 38.6 Å². The Kier molecular flexibility index (Phi) is 24.0. The predicted octanol–water partition coefficient (Wildman–Crippen LogP) is 8.45. The zero-order valence-electron chi connectivity index (χ0n) is 27.5. The highest BCUT2D eigenvalue weighted by atomic mass is 35.7. The van der Waals surface area contributed by atoms with Gasteiger partial charge in [-0.3, -0.25) is 0 Å². The lowest BCUT2D eigenvalue weighted by atomic mass is 9.89. The molecule has 0 aromatic rings. The molecule has 6 unspecified atom stereocenters. The number of aliphatic hydroxyl groups excluding tert-OH is 1. The summed E-state index contributed by atoms with van der Waals surface area (Å²) in [6, 6.07) is 0. The predicted molar refractivity (Wildman–Crippen MR) is 169 cm³/mol. The lowest BCUT2D eigenvalue weighted by Gasteiger charge is -2.52. The van der Waals surface area contributed by atoms with Crippen LogP contribution in [0.1, 0.15) is 139 Å². The van der Waals surface area contributed by atoms with Gasteiger partial charge in [0.05, 0.1) is 0 Å². The minimum atomic E-state index is -1.93. The highest BCUT2D eigenvalue weighted by molar-refractivity contribution is 7.69. The largest absolute Gasteiger partial charge is 0.368 e. The van der Waals surface area contributed by atoms with Gasteiger partial charge in [0.15, 0.2) is 12.1 Å². The number of rotatable bonds is 29. The van der Waals surface area contributed by atoms with Crippen LogP contribution in [0.15, 0.2) is 0 Å². The smallest absolute Gasteiger partial charge is 0.284 e. The van der Waals surface area contributed by atoms with E-state index >= 15 is 0 Å². The van der Waals surface area contributed by atoms with Crippen molar-refractivity contribution in [2.24, 2.45) is 5.92 Å². The number of hydrogen-bond donors (Lipinski definition) is 2. The third-order valence-electron chi connectivity index (χ3n) is 7.23. The van der Waals surface area contributed by atoms with Crippen LogP contribution in [-0.2, 0) is 28.4 Å². The molecule has 0 aromatic heterocycles. The van der Waals surface area contributed by atoms with E-state index in [1.807, 2.05) is 13.8 Å². The second kappa shape index (κ2) is 23.7. The summed E-state index contributed by atoms with van der Waals surface area (Å²) in [6.07, 6.45) is 12.4. The number of hydrogen-bond acceptors (Lipinski definition) is 8. The molecule has 0 aliphatic carbocycles. The molecule has 0 rings (SSSR count). The summed E-state index contributed by atoms with van der Waals surface area (Å²) in [5, 5.41) is 22.4. The van der Waals surface area contributed by atoms with E-state index in [1.165, 1.54) is 58.3 Å². The van der Waals surface area contributed by atoms with Gasteiger partial charge in [-0.05, 0) is 54.4 Å². The summed E-state index contributed by atoms with van der Waals surface area (Å²) in [6.45, 7) is 15.5. The van der Waals surface area contributed by atoms with Crippen molar-refractivity contribution in [1.82, 2.24) is 0 Å². The molecule has 41 heavy (non-hydrogen) atoms. The van der Waals surface area contributed by atoms with Gasteiger partial charge in [0.25, 0.3) is 11.3 Å². The SMILES string of the molecule is CCCCCCCCCCCCC(CCC)C(C)(O)OC(OCC)(PCl)C(OCC)(OC(C)O)C(OCC)OCC. The van der Waals surface area contributed by atoms with Crippen LogP contribution in [-0.4, -0.2) is 66.3 Å². The van der Waals surface area contributed by atoms with E-state index in [1.54, 1.807) is 20.8 Å². The zero-order valence-corrected chi connectivity index (χ0v) is 29.2. The molecule has 0 saturated heterocycles. The Labute approximate surface area is 258 Å². The topological polar surface area (TPSA) is 95.8 Å². The van der Waals surface area contributed by atoms with Crippen LogP contribution in [0.2, 0.25) is 0 Å². The Balaban J connectivity index is 5.96. The Morgan fingerprint density at radius 2 is 1.22 bits per heavy atom. The van der Waals surface area contributed by atoms with E-state index < -0.39 is 37.6 Å². The van der Waals surface area contributed by atoms with Crippen LogP contribution >= 0.6 is 19.2 Å². The molecule has 0 amide bonds. The molecule has 248 valence electrons. The summed E-state index contributed by atoms with van der Waals surface area (Å²) in [4.78, 5) is 0. The van der Waals surface area contributed by atoms with E-state index in [4.69, 9.17) is 39.7 Å². The van der Waals surface area contributed by atoms with Crippen LogP contribution in [0, 0.1) is 5.92 Å². The van der Waals surface area contributed by atoms with Gasteiger partial charge in [0.2, 0.25) is 6.29 Å². The van der Waals surface area contributed by atoms with Crippen molar-refractivity contribution in [2.75, 3.05) is 26.4 Å². The minimum absolute atomic E-state index is 0.155. The summed E-state index contributed by atoms with van der Waals surface area (Å²) in [5.41, 5.74) is -1.85. The van der Waals surface area contributed by atoms with E-state index in [0.717, 1.165) is 32.1 Å². The second-order valence-electron chi connectivity index (χ2n) is 10.8. The van der Waals surface area contributed by atoms with E-state index in [0.29, 0.717) is 0 Å². The molecule has 0 fully saturated rings. The molecule has 10 heteroatoms. The highest BCUT2D eigenvalue weighted by Crippen LogP contribution is 2.54. The Bertz CT molecular complexity index is 609. The van der Waals surface area contributed by atoms with Crippen molar-refractivity contribution >= 4 is 19.2 Å². The molecule has 0 aliphatic heterocycles. The monoisotopic (exact) mass is 630 g/mol. The average molecular weight is 631 g/mol. The van der Waals surface area contributed by atoms with Crippen LogP contribution in [0.25, 0.3) is 0 Å². The molecule has 8 nitrogen and oxygen atoms in total. The van der Waals surface area contributed by atoms with Crippen molar-refractivity contribution in [3.63, 3.8) is 0 Å². The number of ether oxygens (including phenoxy) is 6. The Morgan fingerprint density at radius 3 is 1.63 bits per heavy atom. The van der Waals surface area contributed by atoms with Crippen molar-refractivity contribution in [2.45, 2.75) is 169 Å². The average Bonchev–Trinajstić information content (AvgIpc) is 2.92. The van der Waals surface area contributed by atoms with Crippen molar-refractivity contribution in [3.8, 4) is 0 Å². The summed E-state index contributed by atoms with van der Waals surface area (Å²) in [5.74, 6) is -3.76. The maximum atomic E-state index is 11.9. The van der Waals surface area contributed by atoms with Gasteiger partial charge in [0, 0.05) is 40.3 Å². The summed E-state index contributed by atoms with van der Waals surface area (Å²) in [7, 11) is -0.595. The van der Waals surface area contributed by atoms with Crippen LogP contribution in [0.5, 0.6) is 0 Å². The number of unbranched alkanes of at least 4 members (excludes halogenated alkanes) is 9. The fourth-order valence-corrected chi connectivity index (χ4v) is 6.82. The number of aliphatic hydroxyl groups is 2. The van der Waals surface area contributed by atoms with E-state index in [2.05, 4.69) is 13.8 Å². The van der Waals surface area contributed by atoms with Gasteiger partial charge >= 0.3 is 0 Å². The molecule has 0 heterocycles. The molecular weight excluding hydrogens is 567 g/mol. The van der Waals surface area contributed by atoms with Crippen molar-refractivity contribution in [1.29, 1.82) is 0 Å². The van der Waals surface area contributed by atoms with E-state index in [9.17, 15) is 10.2 Å². The first-order chi connectivity index (χ1) is 19.6. The second-order valence-corrected chi connectivity index (χ2v) is 12.2. The zero-order chi connectivity index (χ0) is 31.2.